The molecule has 0 radical (unpaired) electrons. The molecule has 0 spiro atoms. The van der Waals surface area contributed by atoms with Crippen LogP contribution in [0.15, 0.2) is 0 Å². The zero-order valence-corrected chi connectivity index (χ0v) is 7.08. The van der Waals surface area contributed by atoms with Crippen LogP contribution >= 0.6 is 0 Å². The van der Waals surface area contributed by atoms with Crippen LogP contribution in [0.25, 0.3) is 0 Å². The average Bonchev–Trinajstić information content (AvgIpc) is 1.64. The number of hydrogen-bond acceptors (Lipinski definition) is 3. The van der Waals surface area contributed by atoms with Gasteiger partial charge in [0.25, 0.3) is 0 Å². The highest BCUT2D eigenvalue weighted by Gasteiger charge is 2.45. The summed E-state index contributed by atoms with van der Waals surface area (Å²) in [6, 6.07) is 0. The molecule has 0 N–H and O–H groups in total. The van der Waals surface area contributed by atoms with E-state index in [9.17, 15) is 21.6 Å². The van der Waals surface area contributed by atoms with Crippen molar-refractivity contribution in [1.82, 2.24) is 0 Å². The summed E-state index contributed by atoms with van der Waals surface area (Å²) in [6.07, 6.45) is 0. The number of hydrogen-bond donors (Lipinski definition) is 0. The lowest BCUT2D eigenvalue weighted by atomic mass is 11.6. The van der Waals surface area contributed by atoms with E-state index in [-0.39, 0.29) is 0 Å². The van der Waals surface area contributed by atoms with Crippen LogP contribution in [0, 0.1) is 0 Å². The summed E-state index contributed by atoms with van der Waals surface area (Å²) in [4.78, 5) is 0. The van der Waals surface area contributed by atoms with Gasteiger partial charge in [0, 0.05) is 0 Å². The molecule has 0 saturated carbocycles. The maximum absolute atomic E-state index is 11.1. The van der Waals surface area contributed by atoms with Gasteiger partial charge in [0.05, 0.1) is 0 Å². The fourth-order valence-electron chi connectivity index (χ4n) is 0.0945. The first kappa shape index (κ1) is 9.23. The van der Waals surface area contributed by atoms with E-state index in [4.69, 9.17) is 0 Å². The first-order valence-electron chi connectivity index (χ1n) is 1.68. The Balaban J connectivity index is 4.57. The second kappa shape index (κ2) is 2.46. The van der Waals surface area contributed by atoms with E-state index in [1.165, 1.54) is 0 Å². The Bertz CT molecular complexity index is 180. The van der Waals surface area contributed by atoms with Crippen molar-refractivity contribution in [1.29, 1.82) is 0 Å². The average molecular weight is 178 g/mol. The first-order chi connectivity index (χ1) is 3.81. The van der Waals surface area contributed by atoms with Gasteiger partial charge in [-0.25, -0.2) is 0 Å². The summed E-state index contributed by atoms with van der Waals surface area (Å²) in [5.74, 6) is 0. The standard InChI is InChI=1S/CHF3O3S.Al.2H/c2-1(3,4)8(5,6)7;;;/h(H,5,6,7);;;/q;+1;;/p-1. The maximum atomic E-state index is 11.1. The Morgan fingerprint density at radius 1 is 1.33 bits per heavy atom. The smallest absolute Gasteiger partial charge is 0.400 e. The summed E-state index contributed by atoms with van der Waals surface area (Å²) in [6.45, 7) is 0. The topological polar surface area (TPSA) is 43.4 Å². The molecule has 0 bridgehead atoms. The first-order valence-corrected chi connectivity index (χ1v) is 3.90. The van der Waals surface area contributed by atoms with Gasteiger partial charge in [0.15, 0.2) is 0 Å². The second-order valence-corrected chi connectivity index (χ2v) is 3.77. The molecule has 0 amide bonds. The van der Waals surface area contributed by atoms with E-state index in [2.05, 4.69) is 3.23 Å². The van der Waals surface area contributed by atoms with Crippen molar-refractivity contribution >= 4 is 26.7 Å². The third kappa shape index (κ3) is 2.14. The molecule has 0 heterocycles. The van der Waals surface area contributed by atoms with Crippen LogP contribution in [0.4, 0.5) is 13.2 Å². The van der Waals surface area contributed by atoms with Crippen LogP contribution in [-0.4, -0.2) is 30.5 Å². The summed E-state index contributed by atoms with van der Waals surface area (Å²) >= 11 is -0.480. The largest absolute Gasteiger partial charge is 0.520 e. The Hall–Kier alpha value is 0.232. The highest BCUT2D eigenvalue weighted by molar-refractivity contribution is 7.88. The Morgan fingerprint density at radius 3 is 1.67 bits per heavy atom. The van der Waals surface area contributed by atoms with Crippen LogP contribution in [0.5, 0.6) is 0 Å². The van der Waals surface area contributed by atoms with Crippen LogP contribution < -0.4 is 0 Å². The minimum atomic E-state index is -5.27. The predicted octanol–water partition coefficient (Wildman–Crippen LogP) is -0.599. The predicted molar refractivity (Wildman–Crippen MR) is 24.6 cm³/mol. The molecule has 0 aromatic rings. The molecule has 9 heavy (non-hydrogen) atoms. The van der Waals surface area contributed by atoms with E-state index in [1.807, 2.05) is 0 Å². The van der Waals surface area contributed by atoms with Gasteiger partial charge < -0.3 is 3.23 Å². The summed E-state index contributed by atoms with van der Waals surface area (Å²) in [5, 5.41) is 0. The quantitative estimate of drug-likeness (QED) is 0.397. The minimum Gasteiger partial charge on any atom is -0.400 e. The SMILES string of the molecule is O=S(=O)([O][AlH2])C(F)(F)F. The third-order valence-electron chi connectivity index (χ3n) is 0.503. The fourth-order valence-corrected chi connectivity index (χ4v) is 0.850. The van der Waals surface area contributed by atoms with Crippen molar-refractivity contribution in [3.63, 3.8) is 0 Å². The monoisotopic (exact) mass is 178 g/mol. The Kier molecular flexibility index (Phi) is 2.52. The van der Waals surface area contributed by atoms with E-state index in [0.29, 0.717) is 0 Å². The molecule has 3 nitrogen and oxygen atoms in total. The number of halogens is 3. The molecule has 0 aromatic heterocycles. The van der Waals surface area contributed by atoms with Crippen molar-refractivity contribution in [2.75, 3.05) is 0 Å². The Morgan fingerprint density at radius 2 is 1.67 bits per heavy atom. The van der Waals surface area contributed by atoms with Crippen molar-refractivity contribution in [3.05, 3.63) is 0 Å². The number of alkyl halides is 3. The van der Waals surface area contributed by atoms with Gasteiger partial charge in [0.1, 0.15) is 0 Å². The van der Waals surface area contributed by atoms with Gasteiger partial charge in [-0.15, -0.1) is 0 Å². The van der Waals surface area contributed by atoms with Crippen molar-refractivity contribution in [2.45, 2.75) is 5.51 Å². The molecule has 0 aliphatic carbocycles. The summed E-state index contributed by atoms with van der Waals surface area (Å²) in [7, 11) is -5.27. The molecule has 0 rings (SSSR count). The van der Waals surface area contributed by atoms with Crippen molar-refractivity contribution in [3.8, 4) is 0 Å². The lowest BCUT2D eigenvalue weighted by molar-refractivity contribution is -0.0497. The van der Waals surface area contributed by atoms with Crippen molar-refractivity contribution < 1.29 is 24.8 Å². The van der Waals surface area contributed by atoms with E-state index in [0.717, 1.165) is 0 Å². The molecule has 0 atom stereocenters. The van der Waals surface area contributed by atoms with E-state index < -0.39 is 32.3 Å². The molecule has 0 saturated heterocycles. The molecule has 0 unspecified atom stereocenters. The number of rotatable bonds is 1. The highest BCUT2D eigenvalue weighted by atomic mass is 32.2. The van der Waals surface area contributed by atoms with Gasteiger partial charge in [0.2, 0.25) is 0 Å². The Labute approximate surface area is 57.7 Å². The minimum absolute atomic E-state index is 0.480. The van der Waals surface area contributed by atoms with Crippen LogP contribution in [0.3, 0.4) is 0 Å². The maximum Gasteiger partial charge on any atom is 0.520 e. The normalized spacial score (nSPS) is 13.7. The third-order valence-corrected chi connectivity index (χ3v) is 2.83. The molecular formula is CH2AlF3O3S. The van der Waals surface area contributed by atoms with E-state index >= 15 is 0 Å². The van der Waals surface area contributed by atoms with Gasteiger partial charge in [-0.05, 0) is 0 Å². The second-order valence-electron chi connectivity index (χ2n) is 1.07. The zero-order chi connectivity index (χ0) is 7.71. The molecule has 0 aromatic carbocycles. The van der Waals surface area contributed by atoms with Gasteiger partial charge in [-0.1, -0.05) is 0 Å². The molecule has 0 aliphatic rings. The van der Waals surface area contributed by atoms with Crippen LogP contribution in [0.1, 0.15) is 0 Å². The molecular weight excluding hydrogens is 176 g/mol. The lowest BCUT2D eigenvalue weighted by Gasteiger charge is -2.04. The van der Waals surface area contributed by atoms with Crippen LogP contribution in [-0.2, 0) is 13.4 Å². The molecule has 8 heteroatoms. The zero-order valence-electron chi connectivity index (χ0n) is 4.27. The summed E-state index contributed by atoms with van der Waals surface area (Å²) in [5.41, 5.74) is -5.27. The summed E-state index contributed by atoms with van der Waals surface area (Å²) < 4.78 is 56.1. The van der Waals surface area contributed by atoms with Gasteiger partial charge in [-0.2, -0.15) is 21.6 Å². The van der Waals surface area contributed by atoms with E-state index in [1.54, 1.807) is 0 Å². The highest BCUT2D eigenvalue weighted by Crippen LogP contribution is 2.23. The van der Waals surface area contributed by atoms with Gasteiger partial charge >= 0.3 is 32.3 Å². The van der Waals surface area contributed by atoms with Gasteiger partial charge in [-0.3, -0.25) is 0 Å². The molecule has 0 fully saturated rings. The fraction of sp³-hybridized carbons (Fsp3) is 1.00. The van der Waals surface area contributed by atoms with Crippen molar-refractivity contribution in [2.24, 2.45) is 0 Å². The lowest BCUT2D eigenvalue weighted by Crippen LogP contribution is -2.24. The van der Waals surface area contributed by atoms with Crippen LogP contribution in [0.2, 0.25) is 0 Å². The molecule has 54 valence electrons. The molecule has 0 aliphatic heterocycles.